The predicted octanol–water partition coefficient (Wildman–Crippen LogP) is 3.56. The molecule has 0 aromatic carbocycles. The number of halogens is 1. The Bertz CT molecular complexity index is 1090. The molecule has 30 heavy (non-hydrogen) atoms. The zero-order chi connectivity index (χ0) is 20.1. The molecule has 2 atom stereocenters. The van der Waals surface area contributed by atoms with Crippen LogP contribution in [0.4, 0.5) is 15.9 Å². The summed E-state index contributed by atoms with van der Waals surface area (Å²) in [5.74, 6) is 2.07. The van der Waals surface area contributed by atoms with Gasteiger partial charge in [0, 0.05) is 61.0 Å². The Labute approximate surface area is 173 Å². The van der Waals surface area contributed by atoms with Gasteiger partial charge in [-0.3, -0.25) is 0 Å². The van der Waals surface area contributed by atoms with Crippen LogP contribution in [0.15, 0.2) is 36.8 Å². The molecular formula is C22H22FN7. The standard InChI is InChI=1S/C22H22FN7/c23-19-8-14(26-11-13-2-3-13)9-20(29-19)30-15-4-5-18(30)16-12-27-22(28-17(16)10-15)21-24-6-1-7-25-21/h1,6-9,12-13,15,18H,2-5,10-11H2,(H,26,29)/t15-,18+/m0/s1. The summed E-state index contributed by atoms with van der Waals surface area (Å²) >= 11 is 0. The number of fused-ring (bicyclic) bond motifs is 4. The fraction of sp³-hybridized carbons (Fsp3) is 0.409. The van der Waals surface area contributed by atoms with E-state index < -0.39 is 5.95 Å². The zero-order valence-corrected chi connectivity index (χ0v) is 16.5. The van der Waals surface area contributed by atoms with Crippen LogP contribution in [0.5, 0.6) is 0 Å². The molecule has 3 aromatic heterocycles. The molecule has 5 heterocycles. The molecule has 3 aromatic rings. The number of rotatable bonds is 5. The van der Waals surface area contributed by atoms with E-state index in [9.17, 15) is 4.39 Å². The van der Waals surface area contributed by atoms with Crippen LogP contribution in [0.2, 0.25) is 0 Å². The Balaban J connectivity index is 1.32. The molecule has 0 unspecified atom stereocenters. The van der Waals surface area contributed by atoms with Crippen LogP contribution in [0.25, 0.3) is 11.6 Å². The lowest BCUT2D eigenvalue weighted by molar-refractivity contribution is 0.552. The highest BCUT2D eigenvalue weighted by atomic mass is 19.1. The third-order valence-electron chi connectivity index (χ3n) is 6.29. The first-order valence-corrected chi connectivity index (χ1v) is 10.6. The Hall–Kier alpha value is -3.16. The lowest BCUT2D eigenvalue weighted by atomic mass is 9.99. The summed E-state index contributed by atoms with van der Waals surface area (Å²) in [6.45, 7) is 0.900. The molecule has 8 heteroatoms. The van der Waals surface area contributed by atoms with Gasteiger partial charge in [-0.05, 0) is 37.7 Å². The number of hydrogen-bond acceptors (Lipinski definition) is 7. The highest BCUT2D eigenvalue weighted by Crippen LogP contribution is 2.45. The molecule has 7 nitrogen and oxygen atoms in total. The van der Waals surface area contributed by atoms with Crippen molar-refractivity contribution in [1.29, 1.82) is 0 Å². The average Bonchev–Trinajstić information content (AvgIpc) is 3.54. The topological polar surface area (TPSA) is 79.7 Å². The summed E-state index contributed by atoms with van der Waals surface area (Å²) in [7, 11) is 0. The van der Waals surface area contributed by atoms with Gasteiger partial charge in [-0.2, -0.15) is 4.39 Å². The summed E-state index contributed by atoms with van der Waals surface area (Å²) in [5, 5.41) is 3.38. The molecule has 0 radical (unpaired) electrons. The van der Waals surface area contributed by atoms with Crippen molar-refractivity contribution in [2.75, 3.05) is 16.8 Å². The molecule has 2 aliphatic heterocycles. The van der Waals surface area contributed by atoms with E-state index in [0.717, 1.165) is 48.7 Å². The molecule has 152 valence electrons. The van der Waals surface area contributed by atoms with Gasteiger partial charge >= 0.3 is 0 Å². The normalized spacial score (nSPS) is 22.1. The molecule has 6 rings (SSSR count). The van der Waals surface area contributed by atoms with Crippen LogP contribution in [0.3, 0.4) is 0 Å². The summed E-state index contributed by atoms with van der Waals surface area (Å²) in [6, 6.07) is 5.62. The maximum atomic E-state index is 14.3. The van der Waals surface area contributed by atoms with Crippen LogP contribution in [0, 0.1) is 11.9 Å². The quantitative estimate of drug-likeness (QED) is 0.653. The Morgan fingerprint density at radius 1 is 1.00 bits per heavy atom. The molecule has 2 fully saturated rings. The van der Waals surface area contributed by atoms with Crippen LogP contribution in [0.1, 0.15) is 43.0 Å². The van der Waals surface area contributed by atoms with Crippen LogP contribution in [-0.2, 0) is 6.42 Å². The smallest absolute Gasteiger partial charge is 0.216 e. The molecule has 1 N–H and O–H groups in total. The van der Waals surface area contributed by atoms with Gasteiger partial charge in [0.15, 0.2) is 11.6 Å². The van der Waals surface area contributed by atoms with Gasteiger partial charge in [-0.15, -0.1) is 0 Å². The fourth-order valence-electron chi connectivity index (χ4n) is 4.65. The van der Waals surface area contributed by atoms with Gasteiger partial charge in [0.2, 0.25) is 5.95 Å². The molecule has 0 amide bonds. The first-order chi connectivity index (χ1) is 14.7. The second-order valence-electron chi connectivity index (χ2n) is 8.39. The Morgan fingerprint density at radius 2 is 1.87 bits per heavy atom. The third-order valence-corrected chi connectivity index (χ3v) is 6.29. The minimum absolute atomic E-state index is 0.120. The van der Waals surface area contributed by atoms with E-state index in [1.54, 1.807) is 18.5 Å². The van der Waals surface area contributed by atoms with E-state index in [1.807, 2.05) is 12.3 Å². The van der Waals surface area contributed by atoms with E-state index in [0.29, 0.717) is 17.5 Å². The van der Waals surface area contributed by atoms with Crippen molar-refractivity contribution < 1.29 is 4.39 Å². The second-order valence-corrected chi connectivity index (χ2v) is 8.39. The first kappa shape index (κ1) is 17.7. The van der Waals surface area contributed by atoms with E-state index >= 15 is 0 Å². The molecule has 3 aliphatic rings. The van der Waals surface area contributed by atoms with Crippen molar-refractivity contribution in [2.24, 2.45) is 5.92 Å². The largest absolute Gasteiger partial charge is 0.385 e. The van der Waals surface area contributed by atoms with Crippen molar-refractivity contribution in [1.82, 2.24) is 24.9 Å². The maximum Gasteiger partial charge on any atom is 0.216 e. The number of pyridine rings is 1. The molecule has 2 bridgehead atoms. The lowest BCUT2D eigenvalue weighted by Gasteiger charge is -2.36. The number of anilines is 2. The van der Waals surface area contributed by atoms with Gasteiger partial charge < -0.3 is 10.2 Å². The highest BCUT2D eigenvalue weighted by molar-refractivity contribution is 5.58. The van der Waals surface area contributed by atoms with Crippen molar-refractivity contribution in [3.63, 3.8) is 0 Å². The summed E-state index contributed by atoms with van der Waals surface area (Å²) in [5.41, 5.74) is 2.95. The Morgan fingerprint density at radius 3 is 2.70 bits per heavy atom. The fourth-order valence-corrected chi connectivity index (χ4v) is 4.65. The van der Waals surface area contributed by atoms with Crippen LogP contribution >= 0.6 is 0 Å². The van der Waals surface area contributed by atoms with Crippen LogP contribution in [-0.4, -0.2) is 37.5 Å². The van der Waals surface area contributed by atoms with Gasteiger partial charge in [0.25, 0.3) is 0 Å². The molecule has 1 saturated heterocycles. The Kier molecular flexibility index (Phi) is 4.11. The van der Waals surface area contributed by atoms with Crippen molar-refractivity contribution >= 4 is 11.5 Å². The third kappa shape index (κ3) is 3.16. The summed E-state index contributed by atoms with van der Waals surface area (Å²) in [6.07, 6.45) is 10.6. The number of nitrogens with zero attached hydrogens (tertiary/aromatic N) is 6. The predicted molar refractivity (Wildman–Crippen MR) is 110 cm³/mol. The van der Waals surface area contributed by atoms with Gasteiger partial charge in [0.05, 0.1) is 11.7 Å². The van der Waals surface area contributed by atoms with E-state index in [2.05, 4.69) is 30.2 Å². The number of nitrogens with one attached hydrogen (secondary N) is 1. The zero-order valence-electron chi connectivity index (χ0n) is 16.5. The van der Waals surface area contributed by atoms with Crippen molar-refractivity contribution in [3.05, 3.63) is 54.0 Å². The molecule has 0 spiro atoms. The van der Waals surface area contributed by atoms with Gasteiger partial charge in [0.1, 0.15) is 5.82 Å². The van der Waals surface area contributed by atoms with Gasteiger partial charge in [-0.1, -0.05) is 0 Å². The second kappa shape index (κ2) is 6.97. The molecule has 1 saturated carbocycles. The molecular weight excluding hydrogens is 381 g/mol. The highest BCUT2D eigenvalue weighted by Gasteiger charge is 2.42. The minimum atomic E-state index is -0.441. The number of hydrogen-bond donors (Lipinski definition) is 1. The average molecular weight is 403 g/mol. The van der Waals surface area contributed by atoms with E-state index in [-0.39, 0.29) is 12.1 Å². The van der Waals surface area contributed by atoms with Gasteiger partial charge in [-0.25, -0.2) is 24.9 Å². The first-order valence-electron chi connectivity index (χ1n) is 10.6. The molecule has 1 aliphatic carbocycles. The van der Waals surface area contributed by atoms with E-state index in [1.165, 1.54) is 18.9 Å². The monoisotopic (exact) mass is 403 g/mol. The summed E-state index contributed by atoms with van der Waals surface area (Å²) < 4.78 is 14.3. The minimum Gasteiger partial charge on any atom is -0.385 e. The maximum absolute atomic E-state index is 14.3. The van der Waals surface area contributed by atoms with Crippen LogP contribution < -0.4 is 10.2 Å². The lowest BCUT2D eigenvalue weighted by Crippen LogP contribution is -2.39. The van der Waals surface area contributed by atoms with Crippen molar-refractivity contribution in [2.45, 2.75) is 44.2 Å². The summed E-state index contributed by atoms with van der Waals surface area (Å²) in [4.78, 5) is 24.3. The van der Waals surface area contributed by atoms with Crippen molar-refractivity contribution in [3.8, 4) is 11.6 Å². The SMILES string of the molecule is Fc1cc(NCC2CC2)cc(N2[C@H]3CC[C@@H]2c2cnc(-c4ncccn4)nc2C3)n1. The van der Waals surface area contributed by atoms with E-state index in [4.69, 9.17) is 4.98 Å². The number of aromatic nitrogens is 5.